The van der Waals surface area contributed by atoms with Gasteiger partial charge in [-0.1, -0.05) is 0 Å². The second-order valence-electron chi connectivity index (χ2n) is 7.82. The molecule has 1 aliphatic carbocycles. The molecule has 0 amide bonds. The predicted molar refractivity (Wildman–Crippen MR) is 93.8 cm³/mol. The Morgan fingerprint density at radius 3 is 2.19 bits per heavy atom. The molecule has 5 nitrogen and oxygen atoms in total. The fourth-order valence-electron chi connectivity index (χ4n) is 4.30. The smallest absolute Gasteiger partial charge is 0.308 e. The van der Waals surface area contributed by atoms with Crippen molar-refractivity contribution in [2.75, 3.05) is 32.8 Å². The van der Waals surface area contributed by atoms with Crippen molar-refractivity contribution in [3.05, 3.63) is 0 Å². The number of esters is 1. The average Bonchev–Trinajstić information content (AvgIpc) is 3.15. The van der Waals surface area contributed by atoms with E-state index >= 15 is 0 Å². The summed E-state index contributed by atoms with van der Waals surface area (Å²) in [6.07, 6.45) is 5.23. The van der Waals surface area contributed by atoms with Crippen LogP contribution in [0.2, 0.25) is 0 Å². The molecule has 1 saturated carbocycles. The Labute approximate surface area is 155 Å². The number of alkyl halides is 2. The molecule has 0 radical (unpaired) electrons. The molecular weight excluding hydrogens is 342 g/mol. The van der Waals surface area contributed by atoms with E-state index in [0.29, 0.717) is 19.7 Å². The number of hydrogen-bond donors (Lipinski definition) is 0. The SMILES string of the molecule is CCOC(=O)[C@H]1CC[C@H](OC(N2CCCC2)N2CCC(F)(F)CC2)CC1. The first-order valence-electron chi connectivity index (χ1n) is 10.2. The van der Waals surface area contributed by atoms with E-state index in [2.05, 4.69) is 9.80 Å². The summed E-state index contributed by atoms with van der Waals surface area (Å²) in [6.45, 7) is 4.95. The molecule has 0 N–H and O–H groups in total. The van der Waals surface area contributed by atoms with Crippen LogP contribution in [0.5, 0.6) is 0 Å². The van der Waals surface area contributed by atoms with Gasteiger partial charge in [-0.3, -0.25) is 14.6 Å². The van der Waals surface area contributed by atoms with Gasteiger partial charge in [0.05, 0.1) is 18.6 Å². The second kappa shape index (κ2) is 8.93. The maximum Gasteiger partial charge on any atom is 0.308 e. The molecule has 2 saturated heterocycles. The monoisotopic (exact) mass is 374 g/mol. The summed E-state index contributed by atoms with van der Waals surface area (Å²) in [5, 5.41) is 0. The molecule has 7 heteroatoms. The summed E-state index contributed by atoms with van der Waals surface area (Å²) in [5.74, 6) is -2.65. The van der Waals surface area contributed by atoms with E-state index < -0.39 is 5.92 Å². The van der Waals surface area contributed by atoms with E-state index in [-0.39, 0.29) is 37.2 Å². The third-order valence-electron chi connectivity index (χ3n) is 5.90. The van der Waals surface area contributed by atoms with Gasteiger partial charge >= 0.3 is 5.97 Å². The van der Waals surface area contributed by atoms with Crippen molar-refractivity contribution in [1.29, 1.82) is 0 Å². The van der Waals surface area contributed by atoms with Gasteiger partial charge in [0.1, 0.15) is 0 Å². The van der Waals surface area contributed by atoms with Gasteiger partial charge in [-0.05, 0) is 45.4 Å². The molecule has 3 aliphatic rings. The van der Waals surface area contributed by atoms with Crippen LogP contribution in [0.15, 0.2) is 0 Å². The van der Waals surface area contributed by atoms with Crippen molar-refractivity contribution in [2.24, 2.45) is 5.92 Å². The van der Waals surface area contributed by atoms with E-state index in [9.17, 15) is 13.6 Å². The molecular formula is C19H32F2N2O3. The number of nitrogens with zero attached hydrogens (tertiary/aromatic N) is 2. The third-order valence-corrected chi connectivity index (χ3v) is 5.90. The highest BCUT2D eigenvalue weighted by Crippen LogP contribution is 2.33. The van der Waals surface area contributed by atoms with Crippen LogP contribution in [0.25, 0.3) is 0 Å². The van der Waals surface area contributed by atoms with E-state index in [1.54, 1.807) is 0 Å². The molecule has 0 aromatic heterocycles. The van der Waals surface area contributed by atoms with E-state index in [1.165, 1.54) is 0 Å². The van der Waals surface area contributed by atoms with Crippen molar-refractivity contribution in [1.82, 2.24) is 9.80 Å². The standard InChI is InChI=1S/C19H32F2N2O3/c1-2-25-17(24)15-5-7-16(8-6-15)26-18(22-11-3-4-12-22)23-13-9-19(20,21)10-14-23/h15-16,18H,2-14H2,1H3/t15-,16-,18?. The summed E-state index contributed by atoms with van der Waals surface area (Å²) in [5.41, 5.74) is 0. The minimum Gasteiger partial charge on any atom is -0.466 e. The maximum atomic E-state index is 13.5. The summed E-state index contributed by atoms with van der Waals surface area (Å²) in [7, 11) is 0. The zero-order valence-corrected chi connectivity index (χ0v) is 15.8. The Hall–Kier alpha value is -0.790. The van der Waals surface area contributed by atoms with Crippen molar-refractivity contribution in [2.45, 2.75) is 76.7 Å². The summed E-state index contributed by atoms with van der Waals surface area (Å²) < 4.78 is 38.6. The van der Waals surface area contributed by atoms with Crippen molar-refractivity contribution in [3.63, 3.8) is 0 Å². The highest BCUT2D eigenvalue weighted by Gasteiger charge is 2.40. The van der Waals surface area contributed by atoms with Crippen molar-refractivity contribution < 1.29 is 23.0 Å². The van der Waals surface area contributed by atoms with Crippen LogP contribution < -0.4 is 0 Å². The first-order valence-corrected chi connectivity index (χ1v) is 10.2. The lowest BCUT2D eigenvalue weighted by atomic mass is 9.87. The largest absolute Gasteiger partial charge is 0.466 e. The second-order valence-corrected chi connectivity index (χ2v) is 7.82. The highest BCUT2D eigenvalue weighted by atomic mass is 19.3. The quantitative estimate of drug-likeness (QED) is 0.668. The van der Waals surface area contributed by atoms with Gasteiger partial charge in [0.2, 0.25) is 0 Å². The van der Waals surface area contributed by atoms with Gasteiger partial charge in [0.25, 0.3) is 5.92 Å². The number of carbonyl (C=O) groups is 1. The predicted octanol–water partition coefficient (Wildman–Crippen LogP) is 3.24. The lowest BCUT2D eigenvalue weighted by molar-refractivity contribution is -0.201. The third kappa shape index (κ3) is 5.14. The zero-order valence-electron chi connectivity index (χ0n) is 15.8. The summed E-state index contributed by atoms with van der Waals surface area (Å²) >= 11 is 0. The van der Waals surface area contributed by atoms with E-state index in [4.69, 9.17) is 9.47 Å². The van der Waals surface area contributed by atoms with Gasteiger partial charge in [0.15, 0.2) is 6.35 Å². The molecule has 150 valence electrons. The van der Waals surface area contributed by atoms with E-state index in [0.717, 1.165) is 51.6 Å². The van der Waals surface area contributed by atoms with Crippen LogP contribution in [0.3, 0.4) is 0 Å². The minimum atomic E-state index is -2.54. The fraction of sp³-hybridized carbons (Fsp3) is 0.947. The van der Waals surface area contributed by atoms with Crippen LogP contribution in [-0.4, -0.2) is 66.9 Å². The van der Waals surface area contributed by atoms with Crippen molar-refractivity contribution >= 4 is 5.97 Å². The Bertz CT molecular complexity index is 454. The number of piperidine rings is 1. The normalized spacial score (nSPS) is 31.7. The number of rotatable bonds is 6. The molecule has 26 heavy (non-hydrogen) atoms. The lowest BCUT2D eigenvalue weighted by Crippen LogP contribution is -2.54. The Morgan fingerprint density at radius 2 is 1.62 bits per heavy atom. The fourth-order valence-corrected chi connectivity index (χ4v) is 4.30. The number of carbonyl (C=O) groups excluding carboxylic acids is 1. The average molecular weight is 374 g/mol. The van der Waals surface area contributed by atoms with Gasteiger partial charge in [-0.15, -0.1) is 0 Å². The summed E-state index contributed by atoms with van der Waals surface area (Å²) in [6, 6.07) is 0. The first kappa shape index (κ1) is 20.0. The Morgan fingerprint density at radius 1 is 1.04 bits per heavy atom. The van der Waals surface area contributed by atoms with Crippen LogP contribution in [0, 0.1) is 5.92 Å². The molecule has 0 spiro atoms. The molecule has 2 aliphatic heterocycles. The molecule has 0 aromatic carbocycles. The van der Waals surface area contributed by atoms with Crippen LogP contribution >= 0.6 is 0 Å². The molecule has 1 atom stereocenters. The van der Waals surface area contributed by atoms with E-state index in [1.807, 2.05) is 6.92 Å². The molecule has 0 aromatic rings. The molecule has 3 rings (SSSR count). The van der Waals surface area contributed by atoms with Crippen LogP contribution in [0.1, 0.15) is 58.3 Å². The maximum absolute atomic E-state index is 13.5. The number of ether oxygens (including phenoxy) is 2. The number of halogens is 2. The van der Waals surface area contributed by atoms with Crippen LogP contribution in [-0.2, 0) is 14.3 Å². The van der Waals surface area contributed by atoms with Gasteiger partial charge in [-0.25, -0.2) is 8.78 Å². The topological polar surface area (TPSA) is 42.0 Å². The summed E-state index contributed by atoms with van der Waals surface area (Å²) in [4.78, 5) is 16.3. The van der Waals surface area contributed by atoms with Crippen LogP contribution in [0.4, 0.5) is 8.78 Å². The molecule has 1 unspecified atom stereocenters. The van der Waals surface area contributed by atoms with Crippen molar-refractivity contribution in [3.8, 4) is 0 Å². The highest BCUT2D eigenvalue weighted by molar-refractivity contribution is 5.72. The van der Waals surface area contributed by atoms with Gasteiger partial charge in [0, 0.05) is 39.0 Å². The van der Waals surface area contributed by atoms with Gasteiger partial charge in [-0.2, -0.15) is 0 Å². The Balaban J connectivity index is 1.54. The molecule has 2 heterocycles. The molecule has 3 fully saturated rings. The minimum absolute atomic E-state index is 0.0197. The van der Waals surface area contributed by atoms with Gasteiger partial charge < -0.3 is 9.47 Å². The molecule has 0 bridgehead atoms. The number of hydrogen-bond acceptors (Lipinski definition) is 5. The zero-order chi connectivity index (χ0) is 18.6. The Kier molecular flexibility index (Phi) is 6.86. The lowest BCUT2D eigenvalue weighted by Gasteiger charge is -2.43. The number of likely N-dealkylation sites (tertiary alicyclic amines) is 2. The first-order chi connectivity index (χ1) is 12.5.